The highest BCUT2D eigenvalue weighted by Crippen LogP contribution is 2.23. The van der Waals surface area contributed by atoms with Crippen molar-refractivity contribution in [2.45, 2.75) is 18.9 Å². The summed E-state index contributed by atoms with van der Waals surface area (Å²) >= 11 is 3.21. The SMILES string of the molecule is CNC1CCCN(c2ncc(Br)cc2F)C1. The van der Waals surface area contributed by atoms with E-state index < -0.39 is 0 Å². The smallest absolute Gasteiger partial charge is 0.166 e. The van der Waals surface area contributed by atoms with Crippen molar-refractivity contribution in [2.75, 3.05) is 25.0 Å². The summed E-state index contributed by atoms with van der Waals surface area (Å²) in [4.78, 5) is 6.15. The first-order valence-corrected chi connectivity index (χ1v) is 6.23. The lowest BCUT2D eigenvalue weighted by atomic mass is 10.1. The minimum atomic E-state index is -0.258. The van der Waals surface area contributed by atoms with E-state index in [1.807, 2.05) is 11.9 Å². The number of aromatic nitrogens is 1. The largest absolute Gasteiger partial charge is 0.353 e. The van der Waals surface area contributed by atoms with Crippen molar-refractivity contribution in [3.63, 3.8) is 0 Å². The van der Waals surface area contributed by atoms with E-state index in [-0.39, 0.29) is 5.82 Å². The lowest BCUT2D eigenvalue weighted by Crippen LogP contribution is -2.45. The molecule has 0 aromatic carbocycles. The lowest BCUT2D eigenvalue weighted by molar-refractivity contribution is 0.442. The highest BCUT2D eigenvalue weighted by atomic mass is 79.9. The molecule has 1 aromatic rings. The molecule has 0 amide bonds. The van der Waals surface area contributed by atoms with Gasteiger partial charge in [0, 0.05) is 29.8 Å². The van der Waals surface area contributed by atoms with E-state index in [4.69, 9.17) is 0 Å². The summed E-state index contributed by atoms with van der Waals surface area (Å²) in [5.41, 5.74) is 0. The van der Waals surface area contributed by atoms with Crippen LogP contribution in [-0.4, -0.2) is 31.2 Å². The number of likely N-dealkylation sites (N-methyl/N-ethyl adjacent to an activating group) is 1. The summed E-state index contributed by atoms with van der Waals surface area (Å²) in [6.07, 6.45) is 3.86. The number of halogens is 2. The highest BCUT2D eigenvalue weighted by molar-refractivity contribution is 9.10. The Hall–Kier alpha value is -0.680. The first-order chi connectivity index (χ1) is 7.70. The van der Waals surface area contributed by atoms with Gasteiger partial charge < -0.3 is 10.2 Å². The first kappa shape index (κ1) is 11.8. The number of hydrogen-bond acceptors (Lipinski definition) is 3. The van der Waals surface area contributed by atoms with E-state index >= 15 is 0 Å². The predicted molar refractivity (Wildman–Crippen MR) is 66.2 cm³/mol. The zero-order valence-electron chi connectivity index (χ0n) is 9.21. The molecule has 2 heterocycles. The van der Waals surface area contributed by atoms with Gasteiger partial charge in [-0.2, -0.15) is 0 Å². The lowest BCUT2D eigenvalue weighted by Gasteiger charge is -2.33. The molecule has 5 heteroatoms. The quantitative estimate of drug-likeness (QED) is 0.904. The Morgan fingerprint density at radius 3 is 3.12 bits per heavy atom. The van der Waals surface area contributed by atoms with Gasteiger partial charge in [0.05, 0.1) is 0 Å². The summed E-state index contributed by atoms with van der Waals surface area (Å²) in [6.45, 7) is 1.70. The molecule has 1 saturated heterocycles. The number of rotatable bonds is 2. The Kier molecular flexibility index (Phi) is 3.76. The number of anilines is 1. The van der Waals surface area contributed by atoms with Crippen molar-refractivity contribution < 1.29 is 4.39 Å². The molecule has 1 aliphatic heterocycles. The van der Waals surface area contributed by atoms with Gasteiger partial charge in [-0.15, -0.1) is 0 Å². The second kappa shape index (κ2) is 5.10. The summed E-state index contributed by atoms with van der Waals surface area (Å²) in [5.74, 6) is 0.203. The summed E-state index contributed by atoms with van der Waals surface area (Å²) < 4.78 is 14.4. The second-order valence-electron chi connectivity index (χ2n) is 4.03. The minimum absolute atomic E-state index is 0.258. The van der Waals surface area contributed by atoms with Crippen LogP contribution in [0.15, 0.2) is 16.7 Å². The van der Waals surface area contributed by atoms with Crippen LogP contribution in [0.4, 0.5) is 10.2 Å². The summed E-state index contributed by atoms with van der Waals surface area (Å²) in [5, 5.41) is 3.23. The zero-order chi connectivity index (χ0) is 11.5. The van der Waals surface area contributed by atoms with Gasteiger partial charge in [-0.3, -0.25) is 0 Å². The summed E-state index contributed by atoms with van der Waals surface area (Å²) in [6, 6.07) is 1.89. The molecule has 0 saturated carbocycles. The van der Waals surface area contributed by atoms with Crippen molar-refractivity contribution in [2.24, 2.45) is 0 Å². The molecule has 0 bridgehead atoms. The zero-order valence-corrected chi connectivity index (χ0v) is 10.8. The molecule has 1 N–H and O–H groups in total. The fraction of sp³-hybridized carbons (Fsp3) is 0.545. The van der Waals surface area contributed by atoms with Gasteiger partial charge in [-0.1, -0.05) is 0 Å². The van der Waals surface area contributed by atoms with Crippen LogP contribution < -0.4 is 10.2 Å². The Morgan fingerprint density at radius 1 is 1.62 bits per heavy atom. The van der Waals surface area contributed by atoms with E-state index in [0.29, 0.717) is 16.3 Å². The number of pyridine rings is 1. The monoisotopic (exact) mass is 287 g/mol. The van der Waals surface area contributed by atoms with Crippen molar-refractivity contribution in [1.29, 1.82) is 0 Å². The topological polar surface area (TPSA) is 28.2 Å². The van der Waals surface area contributed by atoms with Crippen molar-refractivity contribution in [1.82, 2.24) is 10.3 Å². The Labute approximate surface area is 103 Å². The molecule has 0 radical (unpaired) electrons. The molecule has 0 aliphatic carbocycles. The standard InChI is InChI=1S/C11H15BrFN3/c1-14-9-3-2-4-16(7-9)11-10(13)5-8(12)6-15-11/h5-6,9,14H,2-4,7H2,1H3. The number of nitrogens with one attached hydrogen (secondary N) is 1. The maximum absolute atomic E-state index is 13.7. The molecule has 1 aromatic heterocycles. The predicted octanol–water partition coefficient (Wildman–Crippen LogP) is 2.17. The molecular formula is C11H15BrFN3. The fourth-order valence-corrected chi connectivity index (χ4v) is 2.35. The van der Waals surface area contributed by atoms with Gasteiger partial charge in [0.2, 0.25) is 0 Å². The van der Waals surface area contributed by atoms with E-state index in [2.05, 4.69) is 26.2 Å². The first-order valence-electron chi connectivity index (χ1n) is 5.44. The van der Waals surface area contributed by atoms with Gasteiger partial charge in [0.15, 0.2) is 11.6 Å². The average molecular weight is 288 g/mol. The molecule has 3 nitrogen and oxygen atoms in total. The van der Waals surface area contributed by atoms with E-state index in [0.717, 1.165) is 25.9 Å². The number of hydrogen-bond donors (Lipinski definition) is 1. The van der Waals surface area contributed by atoms with Crippen molar-refractivity contribution in [3.05, 3.63) is 22.6 Å². The van der Waals surface area contributed by atoms with E-state index in [1.54, 1.807) is 6.20 Å². The minimum Gasteiger partial charge on any atom is -0.353 e. The third-order valence-corrected chi connectivity index (χ3v) is 3.35. The van der Waals surface area contributed by atoms with Crippen molar-refractivity contribution >= 4 is 21.7 Å². The molecule has 1 fully saturated rings. The van der Waals surface area contributed by atoms with Crippen LogP contribution in [-0.2, 0) is 0 Å². The number of nitrogens with zero attached hydrogens (tertiary/aromatic N) is 2. The van der Waals surface area contributed by atoms with Crippen LogP contribution >= 0.6 is 15.9 Å². The van der Waals surface area contributed by atoms with Gasteiger partial charge in [-0.05, 0) is 41.9 Å². The summed E-state index contributed by atoms with van der Waals surface area (Å²) in [7, 11) is 1.94. The third kappa shape index (κ3) is 2.52. The van der Waals surface area contributed by atoms with Crippen molar-refractivity contribution in [3.8, 4) is 0 Å². The Morgan fingerprint density at radius 2 is 2.44 bits per heavy atom. The van der Waals surface area contributed by atoms with Crippen LogP contribution in [0, 0.1) is 5.82 Å². The van der Waals surface area contributed by atoms with Crippen LogP contribution in [0.1, 0.15) is 12.8 Å². The maximum atomic E-state index is 13.7. The molecular weight excluding hydrogens is 273 g/mol. The second-order valence-corrected chi connectivity index (χ2v) is 4.95. The molecule has 1 unspecified atom stereocenters. The average Bonchev–Trinajstić information content (AvgIpc) is 2.29. The molecule has 88 valence electrons. The molecule has 1 aliphatic rings. The fourth-order valence-electron chi connectivity index (χ4n) is 2.05. The van der Waals surface area contributed by atoms with Crippen LogP contribution in [0.2, 0.25) is 0 Å². The molecule has 16 heavy (non-hydrogen) atoms. The van der Waals surface area contributed by atoms with Gasteiger partial charge >= 0.3 is 0 Å². The molecule has 2 rings (SSSR count). The normalized spacial score (nSPS) is 21.2. The van der Waals surface area contributed by atoms with E-state index in [1.165, 1.54) is 6.07 Å². The molecule has 0 spiro atoms. The van der Waals surface area contributed by atoms with Gasteiger partial charge in [0.1, 0.15) is 0 Å². The number of piperidine rings is 1. The Bertz CT molecular complexity index is 372. The van der Waals surface area contributed by atoms with Crippen LogP contribution in [0.3, 0.4) is 0 Å². The third-order valence-electron chi connectivity index (χ3n) is 2.92. The molecule has 1 atom stereocenters. The van der Waals surface area contributed by atoms with Crippen LogP contribution in [0.5, 0.6) is 0 Å². The Balaban J connectivity index is 2.16. The van der Waals surface area contributed by atoms with Crippen LogP contribution in [0.25, 0.3) is 0 Å². The maximum Gasteiger partial charge on any atom is 0.166 e. The van der Waals surface area contributed by atoms with Gasteiger partial charge in [0.25, 0.3) is 0 Å². The highest BCUT2D eigenvalue weighted by Gasteiger charge is 2.21. The van der Waals surface area contributed by atoms with Gasteiger partial charge in [-0.25, -0.2) is 9.37 Å². The van der Waals surface area contributed by atoms with E-state index in [9.17, 15) is 4.39 Å².